The molecule has 1 aliphatic heterocycles. The molecule has 150 valence electrons. The first-order valence-corrected chi connectivity index (χ1v) is 9.47. The first-order chi connectivity index (χ1) is 13.5. The second-order valence-corrected chi connectivity index (χ2v) is 7.14. The Kier molecular flexibility index (Phi) is 6.02. The molecule has 1 aliphatic carbocycles. The number of imide groups is 1. The Balaban J connectivity index is 1.56. The van der Waals surface area contributed by atoms with Gasteiger partial charge in [0.25, 0.3) is 0 Å². The Morgan fingerprint density at radius 3 is 2.29 bits per heavy atom. The lowest BCUT2D eigenvalue weighted by atomic mass is 9.85. The molecule has 1 saturated heterocycles. The van der Waals surface area contributed by atoms with Crippen LogP contribution in [0.15, 0.2) is 30.4 Å². The van der Waals surface area contributed by atoms with Gasteiger partial charge in [0.15, 0.2) is 11.5 Å². The number of amides is 3. The molecule has 3 atom stereocenters. The van der Waals surface area contributed by atoms with Gasteiger partial charge in [-0.15, -0.1) is 0 Å². The summed E-state index contributed by atoms with van der Waals surface area (Å²) < 4.78 is 10.5. The minimum absolute atomic E-state index is 0.0853. The second kappa shape index (κ2) is 8.46. The number of allylic oxidation sites excluding steroid dienone is 2. The van der Waals surface area contributed by atoms with E-state index in [2.05, 4.69) is 5.32 Å². The minimum Gasteiger partial charge on any atom is -0.493 e. The van der Waals surface area contributed by atoms with Crippen molar-refractivity contribution in [2.45, 2.75) is 32.2 Å². The van der Waals surface area contributed by atoms with E-state index in [0.717, 1.165) is 5.56 Å². The number of benzene rings is 1. The number of hydrogen-bond donors (Lipinski definition) is 1. The molecule has 2 aliphatic rings. The predicted molar refractivity (Wildman–Crippen MR) is 103 cm³/mol. The van der Waals surface area contributed by atoms with Crippen LogP contribution in [0.5, 0.6) is 11.5 Å². The standard InChI is InChI=1S/C21H26N2O5/c1-13(14-8-9-17(27-2)18(12-14)28-3)22-19(24)10-11-23-20(25)15-6-4-5-7-16(15)21(23)26/h4-5,8-9,12-13,15-16H,6-7,10-11H2,1-3H3,(H,22,24). The van der Waals surface area contributed by atoms with E-state index in [1.165, 1.54) is 4.90 Å². The van der Waals surface area contributed by atoms with Crippen LogP contribution in [-0.2, 0) is 14.4 Å². The summed E-state index contributed by atoms with van der Waals surface area (Å²) in [7, 11) is 3.12. The van der Waals surface area contributed by atoms with E-state index in [-0.39, 0.29) is 48.6 Å². The van der Waals surface area contributed by atoms with Crippen LogP contribution >= 0.6 is 0 Å². The molecule has 0 saturated carbocycles. The quantitative estimate of drug-likeness (QED) is 0.574. The summed E-state index contributed by atoms with van der Waals surface area (Å²) in [5, 5.41) is 2.90. The first-order valence-electron chi connectivity index (χ1n) is 9.47. The fourth-order valence-electron chi connectivity index (χ4n) is 3.82. The third-order valence-electron chi connectivity index (χ3n) is 5.45. The van der Waals surface area contributed by atoms with E-state index in [4.69, 9.17) is 9.47 Å². The summed E-state index contributed by atoms with van der Waals surface area (Å²) in [6.45, 7) is 1.99. The van der Waals surface area contributed by atoms with Gasteiger partial charge >= 0.3 is 0 Å². The summed E-state index contributed by atoms with van der Waals surface area (Å²) in [4.78, 5) is 38.5. The summed E-state index contributed by atoms with van der Waals surface area (Å²) in [5.74, 6) is 0.172. The first kappa shape index (κ1) is 19.9. The number of likely N-dealkylation sites (tertiary alicyclic amines) is 1. The fraction of sp³-hybridized carbons (Fsp3) is 0.476. The van der Waals surface area contributed by atoms with Gasteiger partial charge in [-0.1, -0.05) is 18.2 Å². The number of nitrogens with one attached hydrogen (secondary N) is 1. The van der Waals surface area contributed by atoms with Gasteiger partial charge in [0.05, 0.1) is 32.1 Å². The molecular weight excluding hydrogens is 360 g/mol. The van der Waals surface area contributed by atoms with Crippen LogP contribution in [-0.4, -0.2) is 43.4 Å². The van der Waals surface area contributed by atoms with Crippen LogP contribution < -0.4 is 14.8 Å². The lowest BCUT2D eigenvalue weighted by Gasteiger charge is -2.18. The molecule has 7 heteroatoms. The molecule has 3 rings (SSSR count). The summed E-state index contributed by atoms with van der Waals surface area (Å²) >= 11 is 0. The van der Waals surface area contributed by atoms with E-state index in [9.17, 15) is 14.4 Å². The number of rotatable bonds is 7. The highest BCUT2D eigenvalue weighted by atomic mass is 16.5. The zero-order chi connectivity index (χ0) is 20.3. The minimum atomic E-state index is -0.258. The molecule has 3 amide bonds. The van der Waals surface area contributed by atoms with Gasteiger partial charge in [-0.25, -0.2) is 0 Å². The van der Waals surface area contributed by atoms with Crippen molar-refractivity contribution >= 4 is 17.7 Å². The molecule has 0 aromatic heterocycles. The molecule has 0 bridgehead atoms. The largest absolute Gasteiger partial charge is 0.493 e. The van der Waals surface area contributed by atoms with Crippen molar-refractivity contribution in [1.29, 1.82) is 0 Å². The van der Waals surface area contributed by atoms with E-state index in [1.807, 2.05) is 31.2 Å². The van der Waals surface area contributed by atoms with Crippen LogP contribution in [0.1, 0.15) is 37.8 Å². The molecule has 28 heavy (non-hydrogen) atoms. The highest BCUT2D eigenvalue weighted by molar-refractivity contribution is 6.05. The molecule has 3 unspecified atom stereocenters. The SMILES string of the molecule is COc1ccc(C(C)NC(=O)CCN2C(=O)C3CC=CCC3C2=O)cc1OC. The molecular formula is C21H26N2O5. The van der Waals surface area contributed by atoms with Gasteiger partial charge in [0.1, 0.15) is 0 Å². The van der Waals surface area contributed by atoms with Crippen LogP contribution in [0, 0.1) is 11.8 Å². The highest BCUT2D eigenvalue weighted by Crippen LogP contribution is 2.35. The van der Waals surface area contributed by atoms with Gasteiger partial charge in [-0.05, 0) is 37.5 Å². The van der Waals surface area contributed by atoms with Crippen molar-refractivity contribution in [3.8, 4) is 11.5 Å². The lowest BCUT2D eigenvalue weighted by molar-refractivity contribution is -0.140. The molecule has 1 aromatic rings. The van der Waals surface area contributed by atoms with Gasteiger partial charge < -0.3 is 14.8 Å². The molecule has 0 spiro atoms. The van der Waals surface area contributed by atoms with Gasteiger partial charge in [-0.3, -0.25) is 19.3 Å². The molecule has 0 radical (unpaired) electrons. The van der Waals surface area contributed by atoms with Crippen molar-refractivity contribution in [2.75, 3.05) is 20.8 Å². The van der Waals surface area contributed by atoms with Gasteiger partial charge in [0, 0.05) is 13.0 Å². The molecule has 1 N–H and O–H groups in total. The Labute approximate surface area is 164 Å². The van der Waals surface area contributed by atoms with Crippen LogP contribution in [0.25, 0.3) is 0 Å². The van der Waals surface area contributed by atoms with Crippen molar-refractivity contribution < 1.29 is 23.9 Å². The summed E-state index contributed by atoms with van der Waals surface area (Å²) in [6, 6.07) is 5.21. The van der Waals surface area contributed by atoms with Crippen molar-refractivity contribution in [2.24, 2.45) is 11.8 Å². The van der Waals surface area contributed by atoms with Gasteiger partial charge in [0.2, 0.25) is 17.7 Å². The third kappa shape index (κ3) is 3.88. The number of ether oxygens (including phenoxy) is 2. The maximum absolute atomic E-state index is 12.5. The third-order valence-corrected chi connectivity index (χ3v) is 5.45. The van der Waals surface area contributed by atoms with E-state index >= 15 is 0 Å². The fourth-order valence-corrected chi connectivity index (χ4v) is 3.82. The number of hydrogen-bond acceptors (Lipinski definition) is 5. The second-order valence-electron chi connectivity index (χ2n) is 7.14. The average molecular weight is 386 g/mol. The number of carbonyl (C=O) groups is 3. The number of nitrogens with zero attached hydrogens (tertiary/aromatic N) is 1. The molecule has 1 aromatic carbocycles. The maximum Gasteiger partial charge on any atom is 0.233 e. The number of methoxy groups -OCH3 is 2. The van der Waals surface area contributed by atoms with E-state index in [1.54, 1.807) is 20.3 Å². The Morgan fingerprint density at radius 2 is 1.71 bits per heavy atom. The van der Waals surface area contributed by atoms with Gasteiger partial charge in [-0.2, -0.15) is 0 Å². The zero-order valence-corrected chi connectivity index (χ0v) is 16.4. The van der Waals surface area contributed by atoms with E-state index < -0.39 is 0 Å². The Bertz CT molecular complexity index is 778. The van der Waals surface area contributed by atoms with Crippen molar-refractivity contribution in [1.82, 2.24) is 10.2 Å². The molecule has 1 fully saturated rings. The monoisotopic (exact) mass is 386 g/mol. The van der Waals surface area contributed by atoms with E-state index in [0.29, 0.717) is 24.3 Å². The zero-order valence-electron chi connectivity index (χ0n) is 16.4. The molecule has 7 nitrogen and oxygen atoms in total. The topological polar surface area (TPSA) is 84.9 Å². The number of fused-ring (bicyclic) bond motifs is 1. The highest BCUT2D eigenvalue weighted by Gasteiger charge is 2.46. The molecule has 1 heterocycles. The van der Waals surface area contributed by atoms with Crippen LogP contribution in [0.3, 0.4) is 0 Å². The van der Waals surface area contributed by atoms with Crippen LogP contribution in [0.2, 0.25) is 0 Å². The Hall–Kier alpha value is -2.83. The predicted octanol–water partition coefficient (Wildman–Crippen LogP) is 2.22. The Morgan fingerprint density at radius 1 is 1.11 bits per heavy atom. The summed E-state index contributed by atoms with van der Waals surface area (Å²) in [6.07, 6.45) is 5.20. The normalized spacial score (nSPS) is 22.0. The lowest BCUT2D eigenvalue weighted by Crippen LogP contribution is -2.36. The maximum atomic E-state index is 12.5. The average Bonchev–Trinajstić information content (AvgIpc) is 2.96. The number of carbonyl (C=O) groups excluding carboxylic acids is 3. The summed E-state index contributed by atoms with van der Waals surface area (Å²) in [5.41, 5.74) is 0.872. The smallest absolute Gasteiger partial charge is 0.233 e. The van der Waals surface area contributed by atoms with Crippen molar-refractivity contribution in [3.05, 3.63) is 35.9 Å². The van der Waals surface area contributed by atoms with Crippen molar-refractivity contribution in [3.63, 3.8) is 0 Å². The van der Waals surface area contributed by atoms with Crippen LogP contribution in [0.4, 0.5) is 0 Å².